The van der Waals surface area contributed by atoms with Gasteiger partial charge in [0, 0.05) is 25.7 Å². The summed E-state index contributed by atoms with van der Waals surface area (Å²) in [6, 6.07) is 8.25. The molecule has 2 aromatic rings. The Kier molecular flexibility index (Phi) is 3.06. The van der Waals surface area contributed by atoms with Crippen molar-refractivity contribution in [3.05, 3.63) is 29.4 Å². The summed E-state index contributed by atoms with van der Waals surface area (Å²) in [5.41, 5.74) is 1.73. The maximum atomic E-state index is 6.25. The molecule has 1 aliphatic heterocycles. The highest BCUT2D eigenvalue weighted by molar-refractivity contribution is 6.32. The molecule has 94 valence electrons. The third kappa shape index (κ3) is 2.13. The number of halogens is 1. The summed E-state index contributed by atoms with van der Waals surface area (Å²) in [4.78, 5) is 11.3. The van der Waals surface area contributed by atoms with E-state index in [2.05, 4.69) is 27.1 Å². The summed E-state index contributed by atoms with van der Waals surface area (Å²) >= 11 is 6.25. The van der Waals surface area contributed by atoms with Crippen molar-refractivity contribution in [2.45, 2.75) is 13.0 Å². The van der Waals surface area contributed by atoms with Gasteiger partial charge in [0.2, 0.25) is 0 Å². The predicted molar refractivity (Wildman–Crippen MR) is 74.2 cm³/mol. The zero-order valence-corrected chi connectivity index (χ0v) is 11.0. The number of nitrogens with one attached hydrogen (secondary N) is 1. The van der Waals surface area contributed by atoms with Gasteiger partial charge in [-0.25, -0.2) is 9.97 Å². The van der Waals surface area contributed by atoms with E-state index in [1.54, 1.807) is 0 Å². The van der Waals surface area contributed by atoms with Crippen LogP contribution in [0, 0.1) is 0 Å². The molecule has 1 saturated heterocycles. The normalized spacial score (nSPS) is 20.3. The Morgan fingerprint density at radius 3 is 2.72 bits per heavy atom. The zero-order valence-electron chi connectivity index (χ0n) is 10.2. The van der Waals surface area contributed by atoms with Crippen LogP contribution < -0.4 is 10.2 Å². The number of hydrogen-bond donors (Lipinski definition) is 1. The minimum Gasteiger partial charge on any atom is -0.351 e. The molecular formula is C13H15ClN4. The Morgan fingerprint density at radius 2 is 2.00 bits per heavy atom. The number of piperazine rings is 1. The topological polar surface area (TPSA) is 41.1 Å². The molecule has 0 amide bonds. The highest BCUT2D eigenvalue weighted by Crippen LogP contribution is 2.25. The number of benzene rings is 1. The molecule has 1 aromatic heterocycles. The van der Waals surface area contributed by atoms with E-state index in [1.165, 1.54) is 0 Å². The largest absolute Gasteiger partial charge is 0.351 e. The average Bonchev–Trinajstić information content (AvgIpc) is 2.38. The van der Waals surface area contributed by atoms with E-state index in [1.807, 2.05) is 24.3 Å². The minimum absolute atomic E-state index is 0.447. The van der Waals surface area contributed by atoms with E-state index in [-0.39, 0.29) is 0 Å². The standard InChI is InChI=1S/C13H15ClN4/c1-9-8-18(7-6-15-9)13-12(14)16-10-4-2-3-5-11(10)17-13/h2-5,9,15H,6-8H2,1H3. The van der Waals surface area contributed by atoms with Gasteiger partial charge in [0.1, 0.15) is 0 Å². The van der Waals surface area contributed by atoms with Crippen LogP contribution in [-0.4, -0.2) is 35.6 Å². The molecule has 0 aliphatic carbocycles. The number of hydrogen-bond acceptors (Lipinski definition) is 4. The molecule has 1 N–H and O–H groups in total. The Bertz CT molecular complexity index is 572. The first-order chi connectivity index (χ1) is 8.74. The summed E-state index contributed by atoms with van der Waals surface area (Å²) in [6.45, 7) is 4.93. The van der Waals surface area contributed by atoms with Gasteiger partial charge in [-0.15, -0.1) is 0 Å². The van der Waals surface area contributed by atoms with Gasteiger partial charge >= 0.3 is 0 Å². The molecule has 1 fully saturated rings. The van der Waals surface area contributed by atoms with E-state index in [9.17, 15) is 0 Å². The van der Waals surface area contributed by atoms with E-state index >= 15 is 0 Å². The molecule has 3 rings (SSSR count). The first kappa shape index (κ1) is 11.7. The fraction of sp³-hybridized carbons (Fsp3) is 0.385. The zero-order chi connectivity index (χ0) is 12.5. The number of anilines is 1. The Labute approximate surface area is 111 Å². The second-order valence-electron chi connectivity index (χ2n) is 4.63. The molecule has 0 spiro atoms. The average molecular weight is 263 g/mol. The summed E-state index contributed by atoms with van der Waals surface area (Å²) in [5.74, 6) is 0.795. The molecule has 0 radical (unpaired) electrons. The number of nitrogens with zero attached hydrogens (tertiary/aromatic N) is 3. The summed E-state index contributed by atoms with van der Waals surface area (Å²) in [5, 5.41) is 3.89. The first-order valence-corrected chi connectivity index (χ1v) is 6.52. The van der Waals surface area contributed by atoms with E-state index < -0.39 is 0 Å². The number of para-hydroxylation sites is 2. The molecular weight excluding hydrogens is 248 g/mol. The third-order valence-corrected chi connectivity index (χ3v) is 3.43. The third-order valence-electron chi connectivity index (χ3n) is 3.18. The van der Waals surface area contributed by atoms with Gasteiger partial charge in [0.25, 0.3) is 0 Å². The number of fused-ring (bicyclic) bond motifs is 1. The highest BCUT2D eigenvalue weighted by atomic mass is 35.5. The van der Waals surface area contributed by atoms with E-state index in [0.29, 0.717) is 11.2 Å². The lowest BCUT2D eigenvalue weighted by molar-refractivity contribution is 0.482. The fourth-order valence-electron chi connectivity index (χ4n) is 2.30. The quantitative estimate of drug-likeness (QED) is 0.854. The van der Waals surface area contributed by atoms with Crippen LogP contribution in [0.1, 0.15) is 6.92 Å². The van der Waals surface area contributed by atoms with Crippen molar-refractivity contribution in [3.63, 3.8) is 0 Å². The van der Waals surface area contributed by atoms with Gasteiger partial charge in [0.15, 0.2) is 11.0 Å². The van der Waals surface area contributed by atoms with Crippen LogP contribution in [-0.2, 0) is 0 Å². The van der Waals surface area contributed by atoms with Crippen molar-refractivity contribution in [2.24, 2.45) is 0 Å². The lowest BCUT2D eigenvalue weighted by atomic mass is 10.2. The second-order valence-corrected chi connectivity index (χ2v) is 4.99. The Balaban J connectivity index is 2.02. The lowest BCUT2D eigenvalue weighted by Gasteiger charge is -2.33. The molecule has 1 aromatic carbocycles. The maximum Gasteiger partial charge on any atom is 0.172 e. The first-order valence-electron chi connectivity index (χ1n) is 6.14. The van der Waals surface area contributed by atoms with Gasteiger partial charge < -0.3 is 10.2 Å². The molecule has 2 heterocycles. The summed E-state index contributed by atoms with van der Waals surface area (Å²) in [6.07, 6.45) is 0. The molecule has 18 heavy (non-hydrogen) atoms. The monoisotopic (exact) mass is 262 g/mol. The molecule has 1 unspecified atom stereocenters. The molecule has 1 atom stereocenters. The van der Waals surface area contributed by atoms with Gasteiger partial charge in [0.05, 0.1) is 11.0 Å². The number of aromatic nitrogens is 2. The van der Waals surface area contributed by atoms with Crippen molar-refractivity contribution in [1.82, 2.24) is 15.3 Å². The fourth-order valence-corrected chi connectivity index (χ4v) is 2.55. The van der Waals surface area contributed by atoms with Crippen LogP contribution in [0.5, 0.6) is 0 Å². The van der Waals surface area contributed by atoms with Gasteiger partial charge in [-0.05, 0) is 19.1 Å². The van der Waals surface area contributed by atoms with Crippen LogP contribution >= 0.6 is 11.6 Å². The second kappa shape index (κ2) is 4.71. The minimum atomic E-state index is 0.447. The van der Waals surface area contributed by atoms with Gasteiger partial charge in [-0.2, -0.15) is 0 Å². The molecule has 5 heteroatoms. The SMILES string of the molecule is CC1CN(c2nc3ccccc3nc2Cl)CCN1. The molecule has 4 nitrogen and oxygen atoms in total. The maximum absolute atomic E-state index is 6.25. The van der Waals surface area contributed by atoms with Crippen molar-refractivity contribution in [2.75, 3.05) is 24.5 Å². The Morgan fingerprint density at radius 1 is 1.28 bits per heavy atom. The van der Waals surface area contributed by atoms with Crippen LogP contribution in [0.4, 0.5) is 5.82 Å². The van der Waals surface area contributed by atoms with E-state index in [0.717, 1.165) is 36.5 Å². The Hall–Kier alpha value is -1.39. The van der Waals surface area contributed by atoms with Crippen molar-refractivity contribution < 1.29 is 0 Å². The van der Waals surface area contributed by atoms with Gasteiger partial charge in [-0.1, -0.05) is 23.7 Å². The predicted octanol–water partition coefficient (Wildman–Crippen LogP) is 2.08. The smallest absolute Gasteiger partial charge is 0.172 e. The van der Waals surface area contributed by atoms with Crippen LogP contribution in [0.25, 0.3) is 11.0 Å². The van der Waals surface area contributed by atoms with Crippen LogP contribution in [0.2, 0.25) is 5.15 Å². The van der Waals surface area contributed by atoms with E-state index in [4.69, 9.17) is 11.6 Å². The van der Waals surface area contributed by atoms with Crippen molar-refractivity contribution in [3.8, 4) is 0 Å². The van der Waals surface area contributed by atoms with Crippen molar-refractivity contribution in [1.29, 1.82) is 0 Å². The lowest BCUT2D eigenvalue weighted by Crippen LogP contribution is -2.49. The van der Waals surface area contributed by atoms with Gasteiger partial charge in [-0.3, -0.25) is 0 Å². The molecule has 1 aliphatic rings. The summed E-state index contributed by atoms with van der Waals surface area (Å²) < 4.78 is 0. The highest BCUT2D eigenvalue weighted by Gasteiger charge is 2.20. The van der Waals surface area contributed by atoms with Crippen LogP contribution in [0.15, 0.2) is 24.3 Å². The molecule has 0 bridgehead atoms. The number of rotatable bonds is 1. The van der Waals surface area contributed by atoms with Crippen molar-refractivity contribution >= 4 is 28.5 Å². The molecule has 0 saturated carbocycles. The summed E-state index contributed by atoms with van der Waals surface area (Å²) in [7, 11) is 0. The van der Waals surface area contributed by atoms with Crippen LogP contribution in [0.3, 0.4) is 0 Å².